The van der Waals surface area contributed by atoms with E-state index in [1.54, 1.807) is 4.90 Å². The van der Waals surface area contributed by atoms with Crippen molar-refractivity contribution >= 4 is 0 Å². The average Bonchev–Trinajstić information content (AvgIpc) is 2.80. The van der Waals surface area contributed by atoms with E-state index in [1.165, 1.54) is 6.08 Å². The molecule has 2 rings (SSSR count). The average molecular weight is 285 g/mol. The van der Waals surface area contributed by atoms with E-state index in [4.69, 9.17) is 0 Å². The fourth-order valence-corrected chi connectivity index (χ4v) is 2.64. The normalized spacial score (nSPS) is 21.1. The zero-order valence-corrected chi connectivity index (χ0v) is 10.0. The molecule has 0 N–H and O–H groups in total. The van der Waals surface area contributed by atoms with Crippen LogP contribution < -0.4 is 0 Å². The molecule has 7 heteroatoms. The van der Waals surface area contributed by atoms with Crippen LogP contribution in [-0.4, -0.2) is 30.3 Å². The summed E-state index contributed by atoms with van der Waals surface area (Å²) in [6.45, 7) is 1.05. The van der Waals surface area contributed by atoms with Gasteiger partial charge in [0, 0.05) is 18.8 Å². The monoisotopic (exact) mass is 285 g/mol. The number of alkyl halides is 6. The van der Waals surface area contributed by atoms with Crippen molar-refractivity contribution in [2.24, 2.45) is 0 Å². The number of halogens is 6. The Morgan fingerprint density at radius 1 is 0.947 bits per heavy atom. The van der Waals surface area contributed by atoms with Gasteiger partial charge in [-0.15, -0.1) is 0 Å². The molecule has 1 saturated heterocycles. The largest absolute Gasteiger partial charge is 0.421 e. The number of hydrogen-bond donors (Lipinski definition) is 0. The molecule has 0 spiro atoms. The Labute approximate surface area is 106 Å². The molecule has 0 amide bonds. The van der Waals surface area contributed by atoms with E-state index in [2.05, 4.69) is 0 Å². The first-order chi connectivity index (χ1) is 8.71. The summed E-state index contributed by atoms with van der Waals surface area (Å²) in [5.41, 5.74) is -2.81. The lowest BCUT2D eigenvalue weighted by Gasteiger charge is -2.25. The van der Waals surface area contributed by atoms with Crippen LogP contribution in [0.2, 0.25) is 0 Å². The van der Waals surface area contributed by atoms with Crippen molar-refractivity contribution in [3.63, 3.8) is 0 Å². The van der Waals surface area contributed by atoms with Gasteiger partial charge in [0.2, 0.25) is 0 Å². The summed E-state index contributed by atoms with van der Waals surface area (Å²) >= 11 is 0. The first-order valence-electron chi connectivity index (χ1n) is 6.04. The molecular formula is C12H13F6N. The van der Waals surface area contributed by atoms with Gasteiger partial charge in [-0.1, -0.05) is 6.08 Å². The van der Waals surface area contributed by atoms with Gasteiger partial charge in [-0.3, -0.25) is 0 Å². The van der Waals surface area contributed by atoms with Crippen LogP contribution in [0.1, 0.15) is 25.7 Å². The standard InChI is InChI=1S/C12H13F6N/c13-11(14,15)10(12(16,17)18)8-4-3-5-9(8)19-6-1-2-7-19/h5H,1-4,6-7H2. The maximum atomic E-state index is 12.7. The second-order valence-corrected chi connectivity index (χ2v) is 4.67. The predicted octanol–water partition coefficient (Wildman–Crippen LogP) is 4.18. The van der Waals surface area contributed by atoms with Gasteiger partial charge in [0.1, 0.15) is 5.57 Å². The van der Waals surface area contributed by atoms with Crippen LogP contribution in [0.25, 0.3) is 0 Å². The topological polar surface area (TPSA) is 3.24 Å². The second kappa shape index (κ2) is 4.76. The quantitative estimate of drug-likeness (QED) is 0.653. The molecule has 0 aromatic heterocycles. The summed E-state index contributed by atoms with van der Waals surface area (Å²) in [4.78, 5) is 1.62. The molecule has 1 nitrogen and oxygen atoms in total. The molecule has 2 aliphatic rings. The van der Waals surface area contributed by atoms with Crippen molar-refractivity contribution in [1.82, 2.24) is 4.90 Å². The van der Waals surface area contributed by atoms with Crippen LogP contribution in [-0.2, 0) is 0 Å². The molecule has 108 valence electrons. The van der Waals surface area contributed by atoms with E-state index in [-0.39, 0.29) is 18.5 Å². The van der Waals surface area contributed by atoms with Gasteiger partial charge in [0.15, 0.2) is 0 Å². The molecule has 0 unspecified atom stereocenters. The number of nitrogens with zero attached hydrogens (tertiary/aromatic N) is 1. The highest BCUT2D eigenvalue weighted by Gasteiger charge is 2.53. The van der Waals surface area contributed by atoms with Crippen LogP contribution in [0, 0.1) is 0 Å². The Morgan fingerprint density at radius 3 is 1.95 bits per heavy atom. The Bertz CT molecular complexity index is 393. The molecular weight excluding hydrogens is 272 g/mol. The predicted molar refractivity (Wildman–Crippen MR) is 57.3 cm³/mol. The summed E-state index contributed by atoms with van der Waals surface area (Å²) in [6, 6.07) is 0. The summed E-state index contributed by atoms with van der Waals surface area (Å²) < 4.78 is 76.2. The van der Waals surface area contributed by atoms with Crippen LogP contribution in [0.3, 0.4) is 0 Å². The van der Waals surface area contributed by atoms with E-state index in [0.29, 0.717) is 13.1 Å². The number of hydrogen-bond acceptors (Lipinski definition) is 1. The van der Waals surface area contributed by atoms with Crippen LogP contribution in [0.15, 0.2) is 22.9 Å². The Morgan fingerprint density at radius 2 is 1.47 bits per heavy atom. The number of likely N-dealkylation sites (tertiary alicyclic amines) is 1. The highest BCUT2D eigenvalue weighted by molar-refractivity contribution is 5.42. The molecule has 0 aromatic carbocycles. The lowest BCUT2D eigenvalue weighted by Crippen LogP contribution is -2.30. The maximum Gasteiger partial charge on any atom is 0.421 e. The fourth-order valence-electron chi connectivity index (χ4n) is 2.64. The molecule has 19 heavy (non-hydrogen) atoms. The summed E-state index contributed by atoms with van der Waals surface area (Å²) in [6.07, 6.45) is -7.60. The zero-order chi connectivity index (χ0) is 14.3. The van der Waals surface area contributed by atoms with Crippen molar-refractivity contribution in [2.75, 3.05) is 13.1 Å². The smallest absolute Gasteiger partial charge is 0.372 e. The van der Waals surface area contributed by atoms with Crippen molar-refractivity contribution in [3.05, 3.63) is 22.9 Å². The van der Waals surface area contributed by atoms with Crippen molar-refractivity contribution in [1.29, 1.82) is 0 Å². The van der Waals surface area contributed by atoms with Gasteiger partial charge < -0.3 is 4.90 Å². The van der Waals surface area contributed by atoms with Gasteiger partial charge in [-0.2, -0.15) is 26.3 Å². The number of rotatable bonds is 1. The van der Waals surface area contributed by atoms with E-state index in [0.717, 1.165) is 12.8 Å². The number of allylic oxidation sites excluding steroid dienone is 3. The van der Waals surface area contributed by atoms with Gasteiger partial charge in [0.25, 0.3) is 0 Å². The fraction of sp³-hybridized carbons (Fsp3) is 0.667. The molecule has 1 fully saturated rings. The molecule has 0 bridgehead atoms. The first kappa shape index (κ1) is 14.3. The summed E-state index contributed by atoms with van der Waals surface area (Å²) in [5.74, 6) is 0. The lowest BCUT2D eigenvalue weighted by molar-refractivity contribution is -0.173. The zero-order valence-electron chi connectivity index (χ0n) is 10.0. The third-order valence-corrected chi connectivity index (χ3v) is 3.36. The minimum absolute atomic E-state index is 0.127. The second-order valence-electron chi connectivity index (χ2n) is 4.67. The minimum Gasteiger partial charge on any atom is -0.372 e. The lowest BCUT2D eigenvalue weighted by atomic mass is 10.0. The van der Waals surface area contributed by atoms with Crippen LogP contribution >= 0.6 is 0 Å². The third-order valence-electron chi connectivity index (χ3n) is 3.36. The van der Waals surface area contributed by atoms with Gasteiger partial charge >= 0.3 is 12.4 Å². The minimum atomic E-state index is -5.36. The van der Waals surface area contributed by atoms with E-state index in [1.807, 2.05) is 0 Å². The van der Waals surface area contributed by atoms with Gasteiger partial charge in [-0.25, -0.2) is 0 Å². The molecule has 1 aliphatic heterocycles. The van der Waals surface area contributed by atoms with Crippen molar-refractivity contribution in [2.45, 2.75) is 38.0 Å². The van der Waals surface area contributed by atoms with E-state index in [9.17, 15) is 26.3 Å². The van der Waals surface area contributed by atoms with Crippen LogP contribution in [0.5, 0.6) is 0 Å². The Hall–Kier alpha value is -1.14. The van der Waals surface area contributed by atoms with E-state index >= 15 is 0 Å². The maximum absolute atomic E-state index is 12.7. The van der Waals surface area contributed by atoms with Gasteiger partial charge in [0.05, 0.1) is 0 Å². The van der Waals surface area contributed by atoms with Gasteiger partial charge in [-0.05, 0) is 31.3 Å². The molecule has 0 aromatic rings. The van der Waals surface area contributed by atoms with Crippen LogP contribution in [0.4, 0.5) is 26.3 Å². The SMILES string of the molecule is FC(F)(F)C(=C1CCC=C1N1CCCC1)C(F)(F)F. The van der Waals surface area contributed by atoms with Crippen molar-refractivity contribution < 1.29 is 26.3 Å². The third kappa shape index (κ3) is 2.90. The van der Waals surface area contributed by atoms with Crippen molar-refractivity contribution in [3.8, 4) is 0 Å². The Balaban J connectivity index is 2.44. The highest BCUT2D eigenvalue weighted by atomic mass is 19.4. The first-order valence-corrected chi connectivity index (χ1v) is 6.04. The highest BCUT2D eigenvalue weighted by Crippen LogP contribution is 2.46. The molecule has 1 aliphatic carbocycles. The summed E-state index contributed by atoms with van der Waals surface area (Å²) in [7, 11) is 0. The molecule has 0 atom stereocenters. The molecule has 1 heterocycles. The molecule has 0 radical (unpaired) electrons. The summed E-state index contributed by atoms with van der Waals surface area (Å²) in [5, 5.41) is 0. The van der Waals surface area contributed by atoms with E-state index < -0.39 is 23.5 Å². The molecule has 0 saturated carbocycles. The Kier molecular flexibility index (Phi) is 3.57.